The van der Waals surface area contributed by atoms with E-state index < -0.39 is 15.9 Å². The number of carbonyl (C=O) groups excluding carboxylic acids is 1. The number of nitrogen functional groups attached to an aromatic ring is 1. The van der Waals surface area contributed by atoms with Crippen LogP contribution in [-0.2, 0) is 10.0 Å². The van der Waals surface area contributed by atoms with Gasteiger partial charge in [0.15, 0.2) is 0 Å². The summed E-state index contributed by atoms with van der Waals surface area (Å²) in [5, 5.41) is 4.11. The molecule has 0 radical (unpaired) electrons. The molecule has 0 spiro atoms. The summed E-state index contributed by atoms with van der Waals surface area (Å²) in [5.74, 6) is -0.663. The Morgan fingerprint density at radius 3 is 2.67 bits per heavy atom. The molecular weight excluding hydrogens is 330 g/mol. The van der Waals surface area contributed by atoms with Gasteiger partial charge in [0.1, 0.15) is 0 Å². The SMILES string of the molecule is CS(=O)(=O)Nc1ccccc1-c1cc2c(N)c(C(N)=O)cnn2c1. The third-order valence-corrected chi connectivity index (χ3v) is 4.07. The first kappa shape index (κ1) is 15.8. The summed E-state index contributed by atoms with van der Waals surface area (Å²) in [6.07, 6.45) is 4.08. The van der Waals surface area contributed by atoms with Gasteiger partial charge in [0.2, 0.25) is 10.0 Å². The predicted molar refractivity (Wildman–Crippen MR) is 92.0 cm³/mol. The second-order valence-corrected chi connectivity index (χ2v) is 7.06. The van der Waals surface area contributed by atoms with Gasteiger partial charge in [-0.2, -0.15) is 5.10 Å². The number of benzene rings is 1. The number of rotatable bonds is 4. The molecule has 0 atom stereocenters. The molecule has 0 aliphatic carbocycles. The second-order valence-electron chi connectivity index (χ2n) is 5.31. The molecule has 2 aromatic heterocycles. The van der Waals surface area contributed by atoms with Crippen molar-refractivity contribution >= 4 is 32.8 Å². The average molecular weight is 345 g/mol. The molecule has 0 unspecified atom stereocenters. The molecule has 0 bridgehead atoms. The number of carbonyl (C=O) groups is 1. The highest BCUT2D eigenvalue weighted by Gasteiger charge is 2.15. The molecule has 0 saturated heterocycles. The first-order valence-corrected chi connectivity index (χ1v) is 8.79. The summed E-state index contributed by atoms with van der Waals surface area (Å²) in [6, 6.07) is 8.66. The standard InChI is InChI=1S/C15H15N5O3S/c1-24(22,23)19-12-5-3-2-4-10(12)9-6-13-14(16)11(15(17)21)7-18-20(13)8-9/h2-8,19H,16H2,1H3,(H2,17,21). The number of hydrogen-bond acceptors (Lipinski definition) is 5. The molecule has 3 rings (SSSR count). The maximum absolute atomic E-state index is 11.5. The number of primary amides is 1. The molecule has 124 valence electrons. The van der Waals surface area contributed by atoms with Crippen LogP contribution in [0.15, 0.2) is 42.7 Å². The molecule has 0 saturated carbocycles. The van der Waals surface area contributed by atoms with E-state index >= 15 is 0 Å². The van der Waals surface area contributed by atoms with Crippen LogP contribution < -0.4 is 16.2 Å². The van der Waals surface area contributed by atoms with Gasteiger partial charge >= 0.3 is 0 Å². The number of anilines is 2. The number of nitrogens with two attached hydrogens (primary N) is 2. The summed E-state index contributed by atoms with van der Waals surface area (Å²) in [4.78, 5) is 11.4. The van der Waals surface area contributed by atoms with Crippen molar-refractivity contribution in [3.05, 3.63) is 48.3 Å². The number of nitrogens with one attached hydrogen (secondary N) is 1. The van der Waals surface area contributed by atoms with Crippen molar-refractivity contribution in [1.29, 1.82) is 0 Å². The lowest BCUT2D eigenvalue weighted by atomic mass is 10.1. The Balaban J connectivity index is 2.18. The van der Waals surface area contributed by atoms with Gasteiger partial charge in [-0.15, -0.1) is 0 Å². The van der Waals surface area contributed by atoms with E-state index in [1.165, 1.54) is 10.7 Å². The van der Waals surface area contributed by atoms with Crippen molar-refractivity contribution in [1.82, 2.24) is 9.61 Å². The summed E-state index contributed by atoms with van der Waals surface area (Å²) < 4.78 is 27.0. The van der Waals surface area contributed by atoms with Crippen molar-refractivity contribution in [2.75, 3.05) is 16.7 Å². The highest BCUT2D eigenvalue weighted by Crippen LogP contribution is 2.31. The van der Waals surface area contributed by atoms with E-state index in [-0.39, 0.29) is 11.3 Å². The van der Waals surface area contributed by atoms with Crippen LogP contribution in [0.25, 0.3) is 16.6 Å². The molecule has 2 heterocycles. The van der Waals surface area contributed by atoms with Gasteiger partial charge in [0, 0.05) is 17.3 Å². The van der Waals surface area contributed by atoms with E-state index in [1.54, 1.807) is 36.5 Å². The van der Waals surface area contributed by atoms with E-state index in [2.05, 4.69) is 9.82 Å². The smallest absolute Gasteiger partial charge is 0.252 e. The van der Waals surface area contributed by atoms with Crippen LogP contribution in [0.1, 0.15) is 10.4 Å². The Hall–Kier alpha value is -3.07. The number of hydrogen-bond donors (Lipinski definition) is 3. The third-order valence-electron chi connectivity index (χ3n) is 3.48. The topological polar surface area (TPSA) is 133 Å². The molecule has 1 amide bonds. The van der Waals surface area contributed by atoms with Crippen LogP contribution in [-0.4, -0.2) is 30.2 Å². The zero-order valence-electron chi connectivity index (χ0n) is 12.7. The van der Waals surface area contributed by atoms with E-state index in [9.17, 15) is 13.2 Å². The molecule has 0 aliphatic heterocycles. The molecule has 8 nitrogen and oxygen atoms in total. The normalized spacial score (nSPS) is 11.5. The molecule has 1 aromatic carbocycles. The largest absolute Gasteiger partial charge is 0.396 e. The Labute approximate surface area is 138 Å². The fourth-order valence-corrected chi connectivity index (χ4v) is 3.02. The number of fused-ring (bicyclic) bond motifs is 1. The lowest BCUT2D eigenvalue weighted by Gasteiger charge is -2.08. The minimum absolute atomic E-state index is 0.134. The predicted octanol–water partition coefficient (Wildman–Crippen LogP) is 1.05. The highest BCUT2D eigenvalue weighted by molar-refractivity contribution is 7.92. The van der Waals surface area contributed by atoms with Crippen LogP contribution in [0.2, 0.25) is 0 Å². The summed E-state index contributed by atoms with van der Waals surface area (Å²) in [7, 11) is -3.42. The number of nitrogens with zero attached hydrogens (tertiary/aromatic N) is 2. The van der Waals surface area contributed by atoms with Gasteiger partial charge in [0.25, 0.3) is 5.91 Å². The maximum atomic E-state index is 11.5. The van der Waals surface area contributed by atoms with Crippen molar-refractivity contribution < 1.29 is 13.2 Å². The van der Waals surface area contributed by atoms with Gasteiger partial charge in [-0.25, -0.2) is 12.9 Å². The molecule has 0 fully saturated rings. The zero-order chi connectivity index (χ0) is 17.5. The van der Waals surface area contributed by atoms with Crippen LogP contribution in [0.3, 0.4) is 0 Å². The summed E-state index contributed by atoms with van der Waals surface area (Å²) in [5.41, 5.74) is 13.9. The zero-order valence-corrected chi connectivity index (χ0v) is 13.5. The van der Waals surface area contributed by atoms with Gasteiger partial charge in [-0.05, 0) is 12.1 Å². The minimum Gasteiger partial charge on any atom is -0.396 e. The van der Waals surface area contributed by atoms with Gasteiger partial charge in [-0.3, -0.25) is 9.52 Å². The summed E-state index contributed by atoms with van der Waals surface area (Å²) in [6.45, 7) is 0. The Bertz CT molecular complexity index is 1060. The summed E-state index contributed by atoms with van der Waals surface area (Å²) >= 11 is 0. The Morgan fingerprint density at radius 2 is 2.00 bits per heavy atom. The number of para-hydroxylation sites is 1. The monoisotopic (exact) mass is 345 g/mol. The lowest BCUT2D eigenvalue weighted by molar-refractivity contribution is 0.100. The quantitative estimate of drug-likeness (QED) is 0.650. The Morgan fingerprint density at radius 1 is 1.29 bits per heavy atom. The molecule has 9 heteroatoms. The Kier molecular flexibility index (Phi) is 3.64. The van der Waals surface area contributed by atoms with E-state index in [4.69, 9.17) is 11.5 Å². The molecule has 24 heavy (non-hydrogen) atoms. The van der Waals surface area contributed by atoms with Crippen LogP contribution in [0, 0.1) is 0 Å². The van der Waals surface area contributed by atoms with E-state index in [1.807, 2.05) is 0 Å². The van der Waals surface area contributed by atoms with Crippen LogP contribution in [0.4, 0.5) is 11.4 Å². The van der Waals surface area contributed by atoms with Gasteiger partial charge < -0.3 is 11.5 Å². The minimum atomic E-state index is -3.42. The first-order chi connectivity index (χ1) is 11.3. The van der Waals surface area contributed by atoms with Crippen molar-refractivity contribution in [2.45, 2.75) is 0 Å². The maximum Gasteiger partial charge on any atom is 0.252 e. The van der Waals surface area contributed by atoms with Crippen molar-refractivity contribution in [2.24, 2.45) is 5.73 Å². The fourth-order valence-electron chi connectivity index (χ4n) is 2.44. The molecule has 3 aromatic rings. The van der Waals surface area contributed by atoms with Crippen molar-refractivity contribution in [3.63, 3.8) is 0 Å². The second kappa shape index (κ2) is 5.53. The van der Waals surface area contributed by atoms with E-state index in [0.717, 1.165) is 6.26 Å². The van der Waals surface area contributed by atoms with Crippen molar-refractivity contribution in [3.8, 4) is 11.1 Å². The average Bonchev–Trinajstić information content (AvgIpc) is 2.91. The lowest BCUT2D eigenvalue weighted by Crippen LogP contribution is -2.15. The fraction of sp³-hybridized carbons (Fsp3) is 0.0667. The highest BCUT2D eigenvalue weighted by atomic mass is 32.2. The van der Waals surface area contributed by atoms with Crippen LogP contribution in [0.5, 0.6) is 0 Å². The number of amides is 1. The first-order valence-electron chi connectivity index (χ1n) is 6.90. The molecular formula is C15H15N5O3S. The number of sulfonamides is 1. The van der Waals surface area contributed by atoms with Crippen LogP contribution >= 0.6 is 0 Å². The number of aromatic nitrogens is 2. The van der Waals surface area contributed by atoms with Gasteiger partial charge in [0.05, 0.1) is 34.9 Å². The van der Waals surface area contributed by atoms with E-state index in [0.29, 0.717) is 22.3 Å². The molecule has 0 aliphatic rings. The van der Waals surface area contributed by atoms with Gasteiger partial charge in [-0.1, -0.05) is 18.2 Å². The third kappa shape index (κ3) is 2.88. The molecule has 5 N–H and O–H groups in total.